The molecule has 2 aromatic rings. The van der Waals surface area contributed by atoms with E-state index in [1.165, 1.54) is 11.1 Å². The number of aromatic nitrogens is 3. The summed E-state index contributed by atoms with van der Waals surface area (Å²) in [6, 6.07) is -0.431. The SMILES string of the molecule is C[C@@H]1CN(C(=O)C(=O)Nc2cncc3cn[nH]c23)[C@@H](C)CN1C(=O)C(C)(C)C. The number of nitrogens with one attached hydrogen (secondary N) is 2. The number of fused-ring (bicyclic) bond motifs is 1. The van der Waals surface area contributed by atoms with Gasteiger partial charge in [0.15, 0.2) is 0 Å². The lowest BCUT2D eigenvalue weighted by Gasteiger charge is -2.45. The number of nitrogens with zero attached hydrogens (tertiary/aromatic N) is 4. The fraction of sp³-hybridized carbons (Fsp3) is 0.526. The van der Waals surface area contributed by atoms with Gasteiger partial charge in [-0.1, -0.05) is 20.8 Å². The molecule has 9 heteroatoms. The Bertz CT molecular complexity index is 916. The van der Waals surface area contributed by atoms with Gasteiger partial charge in [-0.3, -0.25) is 24.5 Å². The molecule has 1 aliphatic rings. The smallest absolute Gasteiger partial charge is 0.314 e. The van der Waals surface area contributed by atoms with Crippen molar-refractivity contribution in [3.8, 4) is 0 Å². The Kier molecular flexibility index (Phi) is 5.10. The summed E-state index contributed by atoms with van der Waals surface area (Å²) in [5.41, 5.74) is 0.515. The van der Waals surface area contributed by atoms with Gasteiger partial charge in [0, 0.05) is 42.2 Å². The molecule has 2 aromatic heterocycles. The first-order valence-corrected chi connectivity index (χ1v) is 9.29. The van der Waals surface area contributed by atoms with Crippen LogP contribution in [-0.4, -0.2) is 67.9 Å². The number of hydrogen-bond donors (Lipinski definition) is 2. The Hall–Kier alpha value is -2.97. The van der Waals surface area contributed by atoms with Crippen LogP contribution >= 0.6 is 0 Å². The highest BCUT2D eigenvalue weighted by Crippen LogP contribution is 2.24. The van der Waals surface area contributed by atoms with E-state index in [-0.39, 0.29) is 18.0 Å². The summed E-state index contributed by atoms with van der Waals surface area (Å²) < 4.78 is 0. The van der Waals surface area contributed by atoms with Gasteiger partial charge < -0.3 is 15.1 Å². The van der Waals surface area contributed by atoms with Crippen LogP contribution in [0.25, 0.3) is 10.9 Å². The molecule has 3 heterocycles. The van der Waals surface area contributed by atoms with Crippen LogP contribution in [0.3, 0.4) is 0 Å². The van der Waals surface area contributed by atoms with E-state index in [1.54, 1.807) is 17.3 Å². The largest absolute Gasteiger partial charge is 0.336 e. The number of amides is 3. The molecule has 1 fully saturated rings. The van der Waals surface area contributed by atoms with E-state index in [1.807, 2.05) is 34.6 Å². The van der Waals surface area contributed by atoms with E-state index in [4.69, 9.17) is 0 Å². The third-order valence-electron chi connectivity index (χ3n) is 4.95. The Balaban J connectivity index is 1.71. The van der Waals surface area contributed by atoms with Crippen LogP contribution in [0.5, 0.6) is 0 Å². The molecule has 2 atom stereocenters. The van der Waals surface area contributed by atoms with E-state index in [0.29, 0.717) is 24.3 Å². The Morgan fingerprint density at radius 1 is 1.07 bits per heavy atom. The van der Waals surface area contributed by atoms with Gasteiger partial charge in [0.2, 0.25) is 5.91 Å². The predicted octanol–water partition coefficient (Wildman–Crippen LogP) is 1.39. The molecule has 0 spiro atoms. The lowest BCUT2D eigenvalue weighted by Crippen LogP contribution is -2.62. The summed E-state index contributed by atoms with van der Waals surface area (Å²) in [5, 5.41) is 10.1. The molecule has 0 aromatic carbocycles. The molecular formula is C19H26N6O3. The minimum Gasteiger partial charge on any atom is -0.336 e. The number of H-pyrrole nitrogens is 1. The van der Waals surface area contributed by atoms with Gasteiger partial charge in [-0.25, -0.2) is 0 Å². The quantitative estimate of drug-likeness (QED) is 0.720. The van der Waals surface area contributed by atoms with Crippen molar-refractivity contribution in [1.29, 1.82) is 0 Å². The zero-order valence-corrected chi connectivity index (χ0v) is 16.8. The maximum atomic E-state index is 12.8. The van der Waals surface area contributed by atoms with Gasteiger partial charge in [-0.15, -0.1) is 0 Å². The molecule has 28 heavy (non-hydrogen) atoms. The van der Waals surface area contributed by atoms with Crippen LogP contribution < -0.4 is 5.32 Å². The van der Waals surface area contributed by atoms with Gasteiger partial charge in [0.1, 0.15) is 0 Å². The Morgan fingerprint density at radius 2 is 1.71 bits per heavy atom. The highest BCUT2D eigenvalue weighted by molar-refractivity contribution is 6.40. The average molecular weight is 386 g/mol. The van der Waals surface area contributed by atoms with Crippen molar-refractivity contribution in [2.24, 2.45) is 5.41 Å². The van der Waals surface area contributed by atoms with Gasteiger partial charge >= 0.3 is 11.8 Å². The van der Waals surface area contributed by atoms with Crippen molar-refractivity contribution < 1.29 is 14.4 Å². The second-order valence-electron chi connectivity index (χ2n) is 8.34. The monoisotopic (exact) mass is 386 g/mol. The molecule has 0 radical (unpaired) electrons. The molecule has 0 unspecified atom stereocenters. The number of aromatic amines is 1. The lowest BCUT2D eigenvalue weighted by molar-refractivity contribution is -0.153. The third-order valence-corrected chi connectivity index (χ3v) is 4.95. The van der Waals surface area contributed by atoms with Crippen molar-refractivity contribution in [2.75, 3.05) is 18.4 Å². The maximum Gasteiger partial charge on any atom is 0.314 e. The molecule has 150 valence electrons. The number of rotatable bonds is 1. The number of anilines is 1. The molecular weight excluding hydrogens is 360 g/mol. The molecule has 1 aliphatic heterocycles. The highest BCUT2D eigenvalue weighted by atomic mass is 16.2. The van der Waals surface area contributed by atoms with E-state index in [9.17, 15) is 14.4 Å². The minimum atomic E-state index is -0.737. The maximum absolute atomic E-state index is 12.8. The van der Waals surface area contributed by atoms with Crippen LogP contribution in [0.4, 0.5) is 5.69 Å². The fourth-order valence-electron chi connectivity index (χ4n) is 3.39. The van der Waals surface area contributed by atoms with Crippen molar-refractivity contribution >= 4 is 34.3 Å². The van der Waals surface area contributed by atoms with E-state index >= 15 is 0 Å². The topological polar surface area (TPSA) is 111 Å². The summed E-state index contributed by atoms with van der Waals surface area (Å²) in [5.74, 6) is -1.32. The first kappa shape index (κ1) is 19.8. The van der Waals surface area contributed by atoms with Gasteiger partial charge in [0.05, 0.1) is 23.6 Å². The number of carbonyl (C=O) groups excluding carboxylic acids is 3. The summed E-state index contributed by atoms with van der Waals surface area (Å²) in [4.78, 5) is 45.3. The number of carbonyl (C=O) groups is 3. The van der Waals surface area contributed by atoms with Crippen LogP contribution in [0, 0.1) is 5.41 Å². The van der Waals surface area contributed by atoms with E-state index in [2.05, 4.69) is 20.5 Å². The Morgan fingerprint density at radius 3 is 2.39 bits per heavy atom. The zero-order chi connectivity index (χ0) is 20.6. The first-order chi connectivity index (χ1) is 13.1. The first-order valence-electron chi connectivity index (χ1n) is 9.29. The van der Waals surface area contributed by atoms with E-state index in [0.717, 1.165) is 5.39 Å². The van der Waals surface area contributed by atoms with Gasteiger partial charge in [0.25, 0.3) is 0 Å². The molecule has 1 saturated heterocycles. The van der Waals surface area contributed by atoms with E-state index < -0.39 is 17.2 Å². The van der Waals surface area contributed by atoms with Crippen molar-refractivity contribution in [1.82, 2.24) is 25.0 Å². The summed E-state index contributed by atoms with van der Waals surface area (Å²) >= 11 is 0. The van der Waals surface area contributed by atoms with Crippen LogP contribution in [0.15, 0.2) is 18.6 Å². The van der Waals surface area contributed by atoms with Crippen molar-refractivity contribution in [2.45, 2.75) is 46.7 Å². The normalized spacial score (nSPS) is 20.3. The van der Waals surface area contributed by atoms with Gasteiger partial charge in [-0.05, 0) is 13.8 Å². The summed E-state index contributed by atoms with van der Waals surface area (Å²) in [7, 11) is 0. The third kappa shape index (κ3) is 3.69. The summed E-state index contributed by atoms with van der Waals surface area (Å²) in [6.45, 7) is 10.1. The Labute approximate surface area is 163 Å². The van der Waals surface area contributed by atoms with Gasteiger partial charge in [-0.2, -0.15) is 5.10 Å². The summed E-state index contributed by atoms with van der Waals surface area (Å²) in [6.07, 6.45) is 4.68. The van der Waals surface area contributed by atoms with Crippen molar-refractivity contribution in [3.05, 3.63) is 18.6 Å². The predicted molar refractivity (Wildman–Crippen MR) is 104 cm³/mol. The second kappa shape index (κ2) is 7.21. The molecule has 0 bridgehead atoms. The molecule has 3 amide bonds. The number of hydrogen-bond acceptors (Lipinski definition) is 5. The average Bonchev–Trinajstić information content (AvgIpc) is 3.11. The number of pyridine rings is 1. The van der Waals surface area contributed by atoms with Crippen LogP contribution in [0.1, 0.15) is 34.6 Å². The second-order valence-corrected chi connectivity index (χ2v) is 8.34. The standard InChI is InChI=1S/C19H26N6O3/c1-11-10-25(18(28)19(3,4)5)12(2)9-24(11)17(27)16(26)22-14-8-20-6-13-7-21-23-15(13)14/h6-8,11-12H,9-10H2,1-5H3,(H,21,23)(H,22,26)/t11-,12+/m0/s1. The van der Waals surface area contributed by atoms with Crippen LogP contribution in [-0.2, 0) is 14.4 Å². The zero-order valence-electron chi connectivity index (χ0n) is 16.8. The highest BCUT2D eigenvalue weighted by Gasteiger charge is 2.39. The van der Waals surface area contributed by atoms with Crippen molar-refractivity contribution in [3.63, 3.8) is 0 Å². The fourth-order valence-corrected chi connectivity index (χ4v) is 3.39. The lowest BCUT2D eigenvalue weighted by atomic mass is 9.92. The van der Waals surface area contributed by atoms with Crippen LogP contribution in [0.2, 0.25) is 0 Å². The molecule has 3 rings (SSSR count). The number of piperazine rings is 1. The molecule has 9 nitrogen and oxygen atoms in total. The molecule has 0 aliphatic carbocycles. The minimum absolute atomic E-state index is 0.0420. The molecule has 0 saturated carbocycles. The molecule has 2 N–H and O–H groups in total.